The SMILES string of the molecule is NC1=Nc2ncccc2SN1. The van der Waals surface area contributed by atoms with Gasteiger partial charge in [0.05, 0.1) is 4.90 Å². The van der Waals surface area contributed by atoms with Gasteiger partial charge in [-0.15, -0.1) is 0 Å². The number of nitrogens with zero attached hydrogens (tertiary/aromatic N) is 2. The summed E-state index contributed by atoms with van der Waals surface area (Å²) in [6.45, 7) is 0. The van der Waals surface area contributed by atoms with Crippen molar-refractivity contribution in [3.05, 3.63) is 18.3 Å². The van der Waals surface area contributed by atoms with E-state index in [1.807, 2.05) is 12.1 Å². The molecule has 56 valence electrons. The van der Waals surface area contributed by atoms with E-state index in [-0.39, 0.29) is 0 Å². The summed E-state index contributed by atoms with van der Waals surface area (Å²) in [6.07, 6.45) is 1.70. The molecule has 1 aromatic rings. The largest absolute Gasteiger partial charge is 0.369 e. The van der Waals surface area contributed by atoms with Crippen molar-refractivity contribution >= 4 is 23.7 Å². The van der Waals surface area contributed by atoms with E-state index >= 15 is 0 Å². The van der Waals surface area contributed by atoms with E-state index in [4.69, 9.17) is 5.73 Å². The zero-order valence-corrected chi connectivity index (χ0v) is 6.43. The van der Waals surface area contributed by atoms with E-state index in [9.17, 15) is 0 Å². The molecule has 4 nitrogen and oxygen atoms in total. The fraction of sp³-hybridized carbons (Fsp3) is 0. The van der Waals surface area contributed by atoms with Crippen molar-refractivity contribution in [3.63, 3.8) is 0 Å². The molecule has 0 aromatic carbocycles. The van der Waals surface area contributed by atoms with Gasteiger partial charge in [0.1, 0.15) is 0 Å². The molecular formula is C6H6N4S. The minimum Gasteiger partial charge on any atom is -0.369 e. The van der Waals surface area contributed by atoms with Gasteiger partial charge in [-0.25, -0.2) is 4.98 Å². The maximum atomic E-state index is 5.43. The van der Waals surface area contributed by atoms with Crippen LogP contribution in [0.4, 0.5) is 5.82 Å². The molecule has 0 fully saturated rings. The second-order valence-electron chi connectivity index (χ2n) is 2.03. The molecule has 0 radical (unpaired) electrons. The lowest BCUT2D eigenvalue weighted by atomic mass is 10.5. The molecule has 1 aromatic heterocycles. The zero-order valence-electron chi connectivity index (χ0n) is 5.61. The molecule has 3 N–H and O–H groups in total. The van der Waals surface area contributed by atoms with Crippen molar-refractivity contribution in [3.8, 4) is 0 Å². The van der Waals surface area contributed by atoms with Crippen LogP contribution < -0.4 is 10.5 Å². The molecule has 0 aliphatic carbocycles. The summed E-state index contributed by atoms with van der Waals surface area (Å²) in [5.74, 6) is 1.09. The van der Waals surface area contributed by atoms with Crippen molar-refractivity contribution in [2.24, 2.45) is 10.7 Å². The van der Waals surface area contributed by atoms with Crippen molar-refractivity contribution in [2.75, 3.05) is 0 Å². The summed E-state index contributed by atoms with van der Waals surface area (Å²) in [5, 5.41) is 0. The first kappa shape index (κ1) is 6.48. The molecule has 0 saturated heterocycles. The molecule has 0 amide bonds. The summed E-state index contributed by atoms with van der Waals surface area (Å²) in [4.78, 5) is 9.04. The minimum atomic E-state index is 0.404. The van der Waals surface area contributed by atoms with E-state index < -0.39 is 0 Å². The van der Waals surface area contributed by atoms with Crippen LogP contribution in [-0.4, -0.2) is 10.9 Å². The number of guanidine groups is 1. The van der Waals surface area contributed by atoms with Gasteiger partial charge >= 0.3 is 0 Å². The molecule has 0 unspecified atom stereocenters. The van der Waals surface area contributed by atoms with E-state index in [0.29, 0.717) is 11.8 Å². The molecule has 0 spiro atoms. The molecule has 0 bridgehead atoms. The van der Waals surface area contributed by atoms with Crippen molar-refractivity contribution in [1.29, 1.82) is 0 Å². The third-order valence-corrected chi connectivity index (χ3v) is 2.09. The van der Waals surface area contributed by atoms with Gasteiger partial charge in [-0.3, -0.25) is 4.72 Å². The highest BCUT2D eigenvalue weighted by molar-refractivity contribution is 7.98. The molecule has 0 atom stereocenters. The minimum absolute atomic E-state index is 0.404. The van der Waals surface area contributed by atoms with Gasteiger partial charge in [-0.2, -0.15) is 4.99 Å². The smallest absolute Gasteiger partial charge is 0.205 e. The quantitative estimate of drug-likeness (QED) is 0.555. The standard InChI is InChI=1S/C6H6N4S/c7-6-9-5-4(11-10-6)2-1-3-8-5/h1-3H,(H3,7,8,9,10). The van der Waals surface area contributed by atoms with E-state index in [2.05, 4.69) is 14.7 Å². The van der Waals surface area contributed by atoms with Crippen LogP contribution in [0.25, 0.3) is 0 Å². The number of hydrogen-bond acceptors (Lipinski definition) is 5. The fourth-order valence-corrected chi connectivity index (χ4v) is 1.39. The Morgan fingerprint density at radius 1 is 1.55 bits per heavy atom. The lowest BCUT2D eigenvalue weighted by Gasteiger charge is -2.11. The van der Waals surface area contributed by atoms with Crippen LogP contribution in [0.3, 0.4) is 0 Å². The predicted octanol–water partition coefficient (Wildman–Crippen LogP) is 0.638. The Balaban J connectivity index is 2.51. The van der Waals surface area contributed by atoms with Crippen molar-refractivity contribution in [1.82, 2.24) is 9.71 Å². The van der Waals surface area contributed by atoms with Crippen molar-refractivity contribution < 1.29 is 0 Å². The van der Waals surface area contributed by atoms with E-state index in [1.54, 1.807) is 6.20 Å². The Hall–Kier alpha value is -1.23. The van der Waals surface area contributed by atoms with Crippen molar-refractivity contribution in [2.45, 2.75) is 4.90 Å². The fourth-order valence-electron chi connectivity index (χ4n) is 0.790. The van der Waals surface area contributed by atoms with Gasteiger partial charge in [0.2, 0.25) is 5.96 Å². The normalized spacial score (nSPS) is 14.7. The highest BCUT2D eigenvalue weighted by Crippen LogP contribution is 2.27. The number of fused-ring (bicyclic) bond motifs is 1. The Morgan fingerprint density at radius 3 is 3.36 bits per heavy atom. The molecular weight excluding hydrogens is 160 g/mol. The number of nitrogens with one attached hydrogen (secondary N) is 1. The molecule has 2 rings (SSSR count). The Bertz CT molecular complexity index is 309. The van der Waals surface area contributed by atoms with Crippen LogP contribution in [0.5, 0.6) is 0 Å². The van der Waals surface area contributed by atoms with Crippen LogP contribution in [0.2, 0.25) is 0 Å². The van der Waals surface area contributed by atoms with Gasteiger partial charge in [-0.05, 0) is 24.1 Å². The second-order valence-corrected chi connectivity index (χ2v) is 2.87. The van der Waals surface area contributed by atoms with Crippen LogP contribution in [0.15, 0.2) is 28.2 Å². The topological polar surface area (TPSA) is 63.3 Å². The number of aromatic nitrogens is 1. The number of pyridine rings is 1. The zero-order chi connectivity index (χ0) is 7.68. The Kier molecular flexibility index (Phi) is 1.43. The molecule has 11 heavy (non-hydrogen) atoms. The van der Waals surface area contributed by atoms with Crippen LogP contribution >= 0.6 is 11.9 Å². The first-order valence-electron chi connectivity index (χ1n) is 3.08. The number of rotatable bonds is 0. The summed E-state index contributed by atoms with van der Waals surface area (Å²) in [7, 11) is 0. The van der Waals surface area contributed by atoms with Crippen LogP contribution in [0, 0.1) is 0 Å². The van der Waals surface area contributed by atoms with E-state index in [0.717, 1.165) is 4.90 Å². The average Bonchev–Trinajstić information content (AvgIpc) is 2.04. The first-order chi connectivity index (χ1) is 5.36. The average molecular weight is 166 g/mol. The van der Waals surface area contributed by atoms with Gasteiger partial charge < -0.3 is 5.73 Å². The van der Waals surface area contributed by atoms with Gasteiger partial charge in [0.25, 0.3) is 0 Å². The Labute approximate surface area is 68.1 Å². The molecule has 1 aliphatic heterocycles. The van der Waals surface area contributed by atoms with E-state index in [1.165, 1.54) is 11.9 Å². The Morgan fingerprint density at radius 2 is 2.45 bits per heavy atom. The van der Waals surface area contributed by atoms with Gasteiger partial charge in [0.15, 0.2) is 5.82 Å². The number of hydrogen-bond donors (Lipinski definition) is 2. The molecule has 5 heteroatoms. The second kappa shape index (κ2) is 2.43. The maximum Gasteiger partial charge on any atom is 0.205 e. The molecule has 0 saturated carbocycles. The van der Waals surface area contributed by atoms with Gasteiger partial charge in [0, 0.05) is 6.20 Å². The number of nitrogens with two attached hydrogens (primary N) is 1. The number of aliphatic imine (C=N–C) groups is 1. The maximum absolute atomic E-state index is 5.43. The predicted molar refractivity (Wildman–Crippen MR) is 44.5 cm³/mol. The van der Waals surface area contributed by atoms with Crippen LogP contribution in [-0.2, 0) is 0 Å². The first-order valence-corrected chi connectivity index (χ1v) is 3.90. The third kappa shape index (κ3) is 1.14. The molecule has 1 aliphatic rings. The highest BCUT2D eigenvalue weighted by Gasteiger charge is 2.08. The van der Waals surface area contributed by atoms with Crippen LogP contribution in [0.1, 0.15) is 0 Å². The lowest BCUT2D eigenvalue weighted by molar-refractivity contribution is 1.15. The lowest BCUT2D eigenvalue weighted by Crippen LogP contribution is -2.27. The summed E-state index contributed by atoms with van der Waals surface area (Å²) >= 11 is 1.43. The third-order valence-electron chi connectivity index (χ3n) is 1.24. The highest BCUT2D eigenvalue weighted by atomic mass is 32.2. The van der Waals surface area contributed by atoms with Gasteiger partial charge in [-0.1, -0.05) is 0 Å². The summed E-state index contributed by atoms with van der Waals surface area (Å²) in [6, 6.07) is 3.81. The summed E-state index contributed by atoms with van der Waals surface area (Å²) in [5.41, 5.74) is 5.43. The summed E-state index contributed by atoms with van der Waals surface area (Å²) < 4.78 is 2.84. The monoisotopic (exact) mass is 166 g/mol. The molecule has 2 heterocycles.